The van der Waals surface area contributed by atoms with Gasteiger partial charge < -0.3 is 18.9 Å². The Labute approximate surface area is 206 Å². The molecule has 1 aromatic carbocycles. The minimum Gasteiger partial charge on any atom is -0.493 e. The molecule has 0 aliphatic carbocycles. The van der Waals surface area contributed by atoms with Crippen molar-refractivity contribution in [2.45, 2.75) is 53.6 Å². The number of aromatic nitrogens is 1. The van der Waals surface area contributed by atoms with Crippen molar-refractivity contribution in [3.05, 3.63) is 53.9 Å². The number of hydrogen-bond donors (Lipinski definition) is 0. The van der Waals surface area contributed by atoms with Crippen LogP contribution in [0.3, 0.4) is 0 Å². The lowest BCUT2D eigenvalue weighted by molar-refractivity contribution is -0.156. The molecule has 190 valence electrons. The van der Waals surface area contributed by atoms with Crippen molar-refractivity contribution in [3.8, 4) is 11.5 Å². The summed E-state index contributed by atoms with van der Waals surface area (Å²) in [5, 5.41) is 0. The van der Waals surface area contributed by atoms with E-state index in [9.17, 15) is 14.4 Å². The third kappa shape index (κ3) is 8.38. The van der Waals surface area contributed by atoms with Crippen molar-refractivity contribution >= 4 is 17.7 Å². The van der Waals surface area contributed by atoms with E-state index >= 15 is 0 Å². The van der Waals surface area contributed by atoms with Crippen LogP contribution >= 0.6 is 0 Å². The Hall–Kier alpha value is -3.42. The smallest absolute Gasteiger partial charge is 0.309 e. The van der Waals surface area contributed by atoms with Gasteiger partial charge in [0.15, 0.2) is 23.0 Å². The Morgan fingerprint density at radius 1 is 1.00 bits per heavy atom. The van der Waals surface area contributed by atoms with E-state index in [1.54, 1.807) is 6.92 Å². The zero-order valence-electron chi connectivity index (χ0n) is 21.3. The van der Waals surface area contributed by atoms with Crippen LogP contribution in [0.1, 0.15) is 57.1 Å². The van der Waals surface area contributed by atoms with Gasteiger partial charge >= 0.3 is 11.9 Å². The lowest BCUT2D eigenvalue weighted by Gasteiger charge is -2.28. The highest BCUT2D eigenvalue weighted by Gasteiger charge is 2.29. The number of nitrogens with zero attached hydrogens (tertiary/aromatic N) is 1. The first kappa shape index (κ1) is 27.8. The molecule has 0 aliphatic rings. The van der Waals surface area contributed by atoms with Crippen LogP contribution in [-0.2, 0) is 25.5 Å². The number of carbonyl (C=O) groups is 3. The van der Waals surface area contributed by atoms with Gasteiger partial charge in [-0.2, -0.15) is 0 Å². The minimum atomic E-state index is -0.691. The number of rotatable bonds is 13. The van der Waals surface area contributed by atoms with Gasteiger partial charge in [-0.05, 0) is 24.8 Å². The minimum absolute atomic E-state index is 0.00617. The number of ketones is 1. The Morgan fingerprint density at radius 2 is 1.69 bits per heavy atom. The summed E-state index contributed by atoms with van der Waals surface area (Å²) in [6.07, 6.45) is 1.75. The van der Waals surface area contributed by atoms with E-state index in [1.165, 1.54) is 31.9 Å². The maximum absolute atomic E-state index is 13.0. The molecule has 0 saturated carbocycles. The second-order valence-corrected chi connectivity index (χ2v) is 8.86. The van der Waals surface area contributed by atoms with E-state index in [1.807, 2.05) is 25.1 Å². The number of Topliss-reactive ketones (excluding diaryl/α,β-unsaturated/α-hetero) is 1. The first-order valence-corrected chi connectivity index (χ1v) is 11.7. The lowest BCUT2D eigenvalue weighted by Crippen LogP contribution is -2.32. The zero-order valence-corrected chi connectivity index (χ0v) is 21.3. The van der Waals surface area contributed by atoms with Gasteiger partial charge in [0.2, 0.25) is 6.79 Å². The van der Waals surface area contributed by atoms with Crippen molar-refractivity contribution in [2.24, 2.45) is 17.8 Å². The number of benzene rings is 1. The van der Waals surface area contributed by atoms with Crippen LogP contribution in [0.25, 0.3) is 0 Å². The maximum Gasteiger partial charge on any atom is 0.309 e. The first-order valence-electron chi connectivity index (χ1n) is 11.7. The molecule has 8 heteroatoms. The Kier molecular flexibility index (Phi) is 10.7. The number of carbonyl (C=O) groups excluding carboxylic acids is 3. The summed E-state index contributed by atoms with van der Waals surface area (Å²) >= 11 is 0. The Morgan fingerprint density at radius 3 is 2.29 bits per heavy atom. The molecular formula is C27H35NO7. The van der Waals surface area contributed by atoms with Crippen molar-refractivity contribution in [2.75, 3.05) is 13.9 Å². The topological polar surface area (TPSA) is 101 Å². The fourth-order valence-corrected chi connectivity index (χ4v) is 3.78. The third-order valence-corrected chi connectivity index (χ3v) is 5.79. The number of ether oxygens (including phenoxy) is 4. The zero-order chi connectivity index (χ0) is 26.0. The van der Waals surface area contributed by atoms with E-state index in [0.717, 1.165) is 6.42 Å². The molecule has 1 heterocycles. The second kappa shape index (κ2) is 13.5. The Balaban J connectivity index is 2.06. The molecule has 1 aromatic heterocycles. The summed E-state index contributed by atoms with van der Waals surface area (Å²) in [5.74, 6) is -1.34. The molecule has 0 saturated heterocycles. The molecule has 2 aromatic rings. The van der Waals surface area contributed by atoms with Crippen molar-refractivity contribution in [1.29, 1.82) is 0 Å². The van der Waals surface area contributed by atoms with Gasteiger partial charge in [0.05, 0.1) is 13.0 Å². The molecule has 0 N–H and O–H groups in total. The number of hydrogen-bond acceptors (Lipinski definition) is 8. The fourth-order valence-electron chi connectivity index (χ4n) is 3.78. The predicted molar refractivity (Wildman–Crippen MR) is 130 cm³/mol. The number of methoxy groups -OCH3 is 1. The van der Waals surface area contributed by atoms with E-state index in [0.29, 0.717) is 5.92 Å². The summed E-state index contributed by atoms with van der Waals surface area (Å²) in [6.45, 7) is 8.60. The van der Waals surface area contributed by atoms with Gasteiger partial charge in [-0.1, -0.05) is 51.1 Å². The normalized spacial score (nSPS) is 13.5. The summed E-state index contributed by atoms with van der Waals surface area (Å²) in [7, 11) is 1.42. The molecule has 0 fully saturated rings. The summed E-state index contributed by atoms with van der Waals surface area (Å²) in [5.41, 5.74) is 1.18. The summed E-state index contributed by atoms with van der Waals surface area (Å²) in [6, 6.07) is 11.6. The van der Waals surface area contributed by atoms with Crippen LogP contribution in [0.15, 0.2) is 42.6 Å². The predicted octanol–water partition coefficient (Wildman–Crippen LogP) is 4.65. The van der Waals surface area contributed by atoms with Gasteiger partial charge in [0, 0.05) is 31.5 Å². The molecule has 2 rings (SSSR count). The van der Waals surface area contributed by atoms with E-state index in [4.69, 9.17) is 18.9 Å². The van der Waals surface area contributed by atoms with E-state index in [2.05, 4.69) is 31.0 Å². The highest BCUT2D eigenvalue weighted by Crippen LogP contribution is 2.31. The molecule has 3 atom stereocenters. The summed E-state index contributed by atoms with van der Waals surface area (Å²) in [4.78, 5) is 41.0. The molecular weight excluding hydrogens is 450 g/mol. The van der Waals surface area contributed by atoms with Crippen LogP contribution in [-0.4, -0.2) is 42.7 Å². The largest absolute Gasteiger partial charge is 0.493 e. The van der Waals surface area contributed by atoms with Gasteiger partial charge in [0.25, 0.3) is 0 Å². The van der Waals surface area contributed by atoms with Crippen molar-refractivity contribution in [1.82, 2.24) is 4.98 Å². The number of esters is 2. The average Bonchev–Trinajstić information content (AvgIpc) is 2.82. The van der Waals surface area contributed by atoms with Crippen LogP contribution in [0.5, 0.6) is 11.5 Å². The SMILES string of the molecule is COc1ccnc(C(=O)C[C@@H](C)C(=O)O[C@@H](C)[C@H](Cc2ccccc2)C(C)C)c1OCOC(C)=O. The highest BCUT2D eigenvalue weighted by atomic mass is 16.7. The van der Waals surface area contributed by atoms with E-state index in [-0.39, 0.29) is 35.6 Å². The first-order chi connectivity index (χ1) is 16.6. The van der Waals surface area contributed by atoms with Gasteiger partial charge in [-0.3, -0.25) is 14.4 Å². The molecule has 35 heavy (non-hydrogen) atoms. The van der Waals surface area contributed by atoms with Crippen LogP contribution in [0.2, 0.25) is 0 Å². The Bertz CT molecular complexity index is 990. The summed E-state index contributed by atoms with van der Waals surface area (Å²) < 4.78 is 21.3. The number of pyridine rings is 1. The van der Waals surface area contributed by atoms with E-state index < -0.39 is 30.4 Å². The quantitative estimate of drug-likeness (QED) is 0.230. The van der Waals surface area contributed by atoms with Gasteiger partial charge in [0.1, 0.15) is 6.10 Å². The molecule has 0 aliphatic heterocycles. The molecule has 0 radical (unpaired) electrons. The molecule has 0 spiro atoms. The lowest BCUT2D eigenvalue weighted by atomic mass is 9.85. The van der Waals surface area contributed by atoms with Crippen LogP contribution in [0.4, 0.5) is 0 Å². The van der Waals surface area contributed by atoms with Crippen LogP contribution in [0, 0.1) is 17.8 Å². The van der Waals surface area contributed by atoms with Gasteiger partial charge in [-0.25, -0.2) is 4.98 Å². The molecule has 8 nitrogen and oxygen atoms in total. The average molecular weight is 486 g/mol. The van der Waals surface area contributed by atoms with Crippen molar-refractivity contribution < 1.29 is 33.3 Å². The highest BCUT2D eigenvalue weighted by molar-refractivity contribution is 5.99. The monoisotopic (exact) mass is 485 g/mol. The maximum atomic E-state index is 13.0. The standard InChI is InChI=1S/C27H35NO7/c1-17(2)22(15-21-10-8-7-9-11-21)19(4)35-27(31)18(3)14-23(30)25-26(34-16-33-20(5)29)24(32-6)12-13-28-25/h7-13,17-19,22H,14-16H2,1-6H3/t18-,19+,22-/m1/s1. The fraction of sp³-hybridized carbons (Fsp3) is 0.481. The molecule has 0 unspecified atom stereocenters. The second-order valence-electron chi connectivity index (χ2n) is 8.86. The van der Waals surface area contributed by atoms with Crippen LogP contribution < -0.4 is 9.47 Å². The molecule has 0 amide bonds. The van der Waals surface area contributed by atoms with Crippen molar-refractivity contribution in [3.63, 3.8) is 0 Å². The van der Waals surface area contributed by atoms with Gasteiger partial charge in [-0.15, -0.1) is 0 Å². The third-order valence-electron chi connectivity index (χ3n) is 5.79. The molecule has 0 bridgehead atoms.